The predicted molar refractivity (Wildman–Crippen MR) is 80.1 cm³/mol. The van der Waals surface area contributed by atoms with Gasteiger partial charge in [0.25, 0.3) is 0 Å². The van der Waals surface area contributed by atoms with Crippen molar-refractivity contribution in [3.8, 4) is 16.5 Å². The minimum atomic E-state index is -0.414. The van der Waals surface area contributed by atoms with E-state index in [1.807, 2.05) is 5.38 Å². The van der Waals surface area contributed by atoms with Crippen LogP contribution in [0.25, 0.3) is 21.5 Å². The smallest absolute Gasteiger partial charge is 0.227 e. The summed E-state index contributed by atoms with van der Waals surface area (Å²) >= 11 is 1.43. The molecule has 0 spiro atoms. The highest BCUT2D eigenvalue weighted by molar-refractivity contribution is 7.13. The topological polar surface area (TPSA) is 47.9 Å². The van der Waals surface area contributed by atoms with Gasteiger partial charge in [-0.3, -0.25) is 0 Å². The number of nitrogens with zero attached hydrogens (tertiary/aromatic N) is 3. The van der Waals surface area contributed by atoms with Gasteiger partial charge in [-0.05, 0) is 18.1 Å². The molecule has 0 amide bonds. The maximum absolute atomic E-state index is 14.8. The van der Waals surface area contributed by atoms with E-state index >= 15 is 0 Å². The highest BCUT2D eigenvalue weighted by atomic mass is 32.1. The fraction of sp³-hybridized carbons (Fsp3) is 0.267. The predicted octanol–water partition coefficient (Wildman–Crippen LogP) is 3.82. The van der Waals surface area contributed by atoms with Gasteiger partial charge in [-0.15, -0.1) is 11.3 Å². The van der Waals surface area contributed by atoms with Crippen molar-refractivity contribution in [1.29, 1.82) is 0 Å². The third kappa shape index (κ3) is 2.35. The monoisotopic (exact) mass is 302 g/mol. The Balaban J connectivity index is 2.21. The number of methoxy groups -OCH3 is 1. The molecule has 0 unspecified atom stereocenters. The first-order chi connectivity index (χ1) is 10.1. The molecule has 0 saturated carbocycles. The summed E-state index contributed by atoms with van der Waals surface area (Å²) < 4.78 is 19.9. The zero-order valence-electron chi connectivity index (χ0n) is 11.8. The summed E-state index contributed by atoms with van der Waals surface area (Å²) in [5.74, 6) is 0.0778. The molecule has 0 aliphatic heterocycles. The van der Waals surface area contributed by atoms with Gasteiger partial charge in [0.15, 0.2) is 0 Å². The van der Waals surface area contributed by atoms with Gasteiger partial charge in [-0.2, -0.15) is 4.98 Å². The molecule has 4 nitrogen and oxygen atoms in total. The fourth-order valence-electron chi connectivity index (χ4n) is 2.03. The average molecular weight is 302 g/mol. The molecule has 0 aliphatic carbocycles. The molecule has 1 aromatic carbocycles. The second-order valence-electron chi connectivity index (χ2n) is 4.89. The van der Waals surface area contributed by atoms with Crippen LogP contribution in [0, 0.1) is 12.1 Å². The van der Waals surface area contributed by atoms with E-state index in [2.05, 4.69) is 35.1 Å². The van der Waals surface area contributed by atoms with Crippen LogP contribution in [-0.4, -0.2) is 22.1 Å². The number of thiazole rings is 1. The number of halogens is 1. The number of benzene rings is 1. The van der Waals surface area contributed by atoms with Crippen molar-refractivity contribution in [2.24, 2.45) is 0 Å². The number of rotatable bonds is 3. The molecular weight excluding hydrogens is 289 g/mol. The highest BCUT2D eigenvalue weighted by Crippen LogP contribution is 2.34. The molecular formula is C15H13FN3OS. The molecule has 0 saturated heterocycles. The Hall–Kier alpha value is -2.08. The van der Waals surface area contributed by atoms with Crippen LogP contribution in [0.4, 0.5) is 4.39 Å². The Morgan fingerprint density at radius 1 is 1.29 bits per heavy atom. The lowest BCUT2D eigenvalue weighted by Crippen LogP contribution is -1.96. The van der Waals surface area contributed by atoms with E-state index in [1.165, 1.54) is 18.4 Å². The molecule has 2 aromatic heterocycles. The van der Waals surface area contributed by atoms with Crippen molar-refractivity contribution in [2.45, 2.75) is 19.8 Å². The van der Waals surface area contributed by atoms with Crippen LogP contribution in [0.5, 0.6) is 5.88 Å². The van der Waals surface area contributed by atoms with Crippen LogP contribution in [0.1, 0.15) is 25.5 Å². The van der Waals surface area contributed by atoms with Crippen LogP contribution < -0.4 is 4.74 Å². The minimum absolute atomic E-state index is 0.181. The third-order valence-electron chi connectivity index (χ3n) is 3.19. The lowest BCUT2D eigenvalue weighted by Gasteiger charge is -2.06. The van der Waals surface area contributed by atoms with E-state index < -0.39 is 5.82 Å². The van der Waals surface area contributed by atoms with Crippen molar-refractivity contribution >= 4 is 22.2 Å². The maximum Gasteiger partial charge on any atom is 0.227 e. The molecule has 0 fully saturated rings. The normalized spacial score (nSPS) is 11.3. The van der Waals surface area contributed by atoms with Crippen molar-refractivity contribution in [3.05, 3.63) is 35.4 Å². The largest absolute Gasteiger partial charge is 0.480 e. The standard InChI is InChI=1S/C15H13FN3OS/c1-8(2)11-6-21-15(19-11)9-4-5-10-12(13(9)16)14(20-3)18-7-17-10/h4-6,8H,1-3H3. The van der Waals surface area contributed by atoms with Crippen LogP contribution in [0.2, 0.25) is 0 Å². The van der Waals surface area contributed by atoms with E-state index in [0.717, 1.165) is 5.69 Å². The Kier molecular flexibility index (Phi) is 3.55. The molecule has 0 N–H and O–H groups in total. The molecule has 3 aromatic rings. The zero-order chi connectivity index (χ0) is 15.0. The Bertz CT molecular complexity index is 801. The first kappa shape index (κ1) is 13.9. The summed E-state index contributed by atoms with van der Waals surface area (Å²) in [5.41, 5.74) is 1.86. The van der Waals surface area contributed by atoms with Gasteiger partial charge in [0.2, 0.25) is 12.2 Å². The van der Waals surface area contributed by atoms with Crippen molar-refractivity contribution in [3.63, 3.8) is 0 Å². The number of ether oxygens (including phenoxy) is 1. The van der Waals surface area contributed by atoms with Gasteiger partial charge in [0, 0.05) is 10.9 Å². The SMILES string of the molecule is COc1n[c]nc2ccc(-c3nc(C(C)C)cs3)c(F)c12. The molecule has 21 heavy (non-hydrogen) atoms. The van der Waals surface area contributed by atoms with E-state index in [4.69, 9.17) is 4.74 Å². The summed E-state index contributed by atoms with van der Waals surface area (Å²) in [6.45, 7) is 4.12. The van der Waals surface area contributed by atoms with Crippen LogP contribution in [-0.2, 0) is 0 Å². The Morgan fingerprint density at radius 3 is 2.76 bits per heavy atom. The Morgan fingerprint density at radius 2 is 2.10 bits per heavy atom. The average Bonchev–Trinajstić information content (AvgIpc) is 2.97. The van der Waals surface area contributed by atoms with Crippen molar-refractivity contribution in [1.82, 2.24) is 15.0 Å². The molecule has 6 heteroatoms. The molecule has 0 bridgehead atoms. The van der Waals surface area contributed by atoms with E-state index in [9.17, 15) is 4.39 Å². The fourth-order valence-corrected chi connectivity index (χ4v) is 3.03. The first-order valence-electron chi connectivity index (χ1n) is 6.48. The van der Waals surface area contributed by atoms with Gasteiger partial charge in [0.05, 0.1) is 23.7 Å². The Labute approximate surface area is 125 Å². The molecule has 1 radical (unpaired) electrons. The molecule has 2 heterocycles. The second kappa shape index (κ2) is 5.37. The molecule has 3 rings (SSSR count). The quantitative estimate of drug-likeness (QED) is 0.738. The number of hydrogen-bond donors (Lipinski definition) is 0. The summed E-state index contributed by atoms with van der Waals surface area (Å²) in [7, 11) is 1.45. The molecule has 107 valence electrons. The number of hydrogen-bond acceptors (Lipinski definition) is 5. The van der Waals surface area contributed by atoms with Gasteiger partial charge in [-0.25, -0.2) is 14.4 Å². The van der Waals surface area contributed by atoms with Crippen LogP contribution >= 0.6 is 11.3 Å². The summed E-state index contributed by atoms with van der Waals surface area (Å²) in [6.07, 6.45) is 2.46. The number of fused-ring (bicyclic) bond motifs is 1. The molecule has 0 atom stereocenters. The first-order valence-corrected chi connectivity index (χ1v) is 7.36. The lowest BCUT2D eigenvalue weighted by atomic mass is 10.1. The van der Waals surface area contributed by atoms with Gasteiger partial charge >= 0.3 is 0 Å². The second-order valence-corrected chi connectivity index (χ2v) is 5.74. The van der Waals surface area contributed by atoms with Crippen LogP contribution in [0.15, 0.2) is 17.5 Å². The maximum atomic E-state index is 14.8. The molecule has 0 aliphatic rings. The van der Waals surface area contributed by atoms with E-state index in [0.29, 0.717) is 22.0 Å². The summed E-state index contributed by atoms with van der Waals surface area (Å²) in [4.78, 5) is 12.3. The minimum Gasteiger partial charge on any atom is -0.480 e. The summed E-state index contributed by atoms with van der Waals surface area (Å²) in [6, 6.07) is 3.41. The lowest BCUT2D eigenvalue weighted by molar-refractivity contribution is 0.400. The van der Waals surface area contributed by atoms with Gasteiger partial charge in [-0.1, -0.05) is 13.8 Å². The van der Waals surface area contributed by atoms with E-state index in [-0.39, 0.29) is 11.3 Å². The third-order valence-corrected chi connectivity index (χ3v) is 4.09. The highest BCUT2D eigenvalue weighted by Gasteiger charge is 2.17. The van der Waals surface area contributed by atoms with Crippen LogP contribution in [0.3, 0.4) is 0 Å². The number of aromatic nitrogens is 3. The summed E-state index contributed by atoms with van der Waals surface area (Å²) in [5, 5.41) is 2.86. The van der Waals surface area contributed by atoms with Crippen molar-refractivity contribution < 1.29 is 9.13 Å². The van der Waals surface area contributed by atoms with Crippen molar-refractivity contribution in [2.75, 3.05) is 7.11 Å². The van der Waals surface area contributed by atoms with Gasteiger partial charge < -0.3 is 4.74 Å². The van der Waals surface area contributed by atoms with Gasteiger partial charge in [0.1, 0.15) is 10.8 Å². The van der Waals surface area contributed by atoms with E-state index in [1.54, 1.807) is 12.1 Å². The zero-order valence-corrected chi connectivity index (χ0v) is 12.7.